The Morgan fingerprint density at radius 3 is 3.08 bits per heavy atom. The number of halogens is 1. The Balaban J connectivity index is 2.67. The van der Waals surface area contributed by atoms with Crippen molar-refractivity contribution in [1.29, 1.82) is 0 Å². The number of nitrogens with zero attached hydrogens (tertiary/aromatic N) is 1. The molecule has 3 nitrogen and oxygen atoms in total. The van der Waals surface area contributed by atoms with E-state index in [1.165, 1.54) is 7.11 Å². The molecular weight excluding hydrogens is 190 g/mol. The number of alkyl halides is 1. The van der Waals surface area contributed by atoms with Crippen LogP contribution in [0.2, 0.25) is 0 Å². The number of para-hydroxylation sites is 1. The Labute approximate surface area is 80.3 Å². The van der Waals surface area contributed by atoms with Crippen LogP contribution >= 0.6 is 11.6 Å². The van der Waals surface area contributed by atoms with Crippen LogP contribution in [0.25, 0.3) is 11.1 Å². The van der Waals surface area contributed by atoms with E-state index in [-0.39, 0.29) is 6.08 Å². The van der Waals surface area contributed by atoms with Crippen molar-refractivity contribution in [3.8, 4) is 6.08 Å². The number of rotatable bonds is 2. The summed E-state index contributed by atoms with van der Waals surface area (Å²) in [4.78, 5) is 4.09. The number of oxazole rings is 1. The molecule has 0 saturated carbocycles. The molecule has 0 bridgehead atoms. The molecule has 13 heavy (non-hydrogen) atoms. The smallest absolute Gasteiger partial charge is 0.394 e. The minimum atomic E-state index is 0.271. The van der Waals surface area contributed by atoms with Crippen LogP contribution in [0.4, 0.5) is 0 Å². The molecule has 0 aliphatic rings. The predicted molar refractivity (Wildman–Crippen MR) is 50.1 cm³/mol. The predicted octanol–water partition coefficient (Wildman–Crippen LogP) is 2.58. The number of hydrogen-bond acceptors (Lipinski definition) is 3. The van der Waals surface area contributed by atoms with E-state index in [0.29, 0.717) is 11.5 Å². The largest absolute Gasteiger partial charge is 0.453 e. The van der Waals surface area contributed by atoms with Gasteiger partial charge in [-0.25, -0.2) is 0 Å². The molecule has 1 aromatic heterocycles. The van der Waals surface area contributed by atoms with Crippen molar-refractivity contribution in [2.45, 2.75) is 5.88 Å². The van der Waals surface area contributed by atoms with Gasteiger partial charge in [0, 0.05) is 5.56 Å². The van der Waals surface area contributed by atoms with Gasteiger partial charge in [-0.2, -0.15) is 4.98 Å². The molecule has 2 aromatic rings. The lowest BCUT2D eigenvalue weighted by molar-refractivity contribution is 0.299. The second-order valence-electron chi connectivity index (χ2n) is 2.58. The van der Waals surface area contributed by atoms with E-state index in [4.69, 9.17) is 20.8 Å². The van der Waals surface area contributed by atoms with Gasteiger partial charge in [-0.1, -0.05) is 12.1 Å². The Kier molecular flexibility index (Phi) is 2.10. The van der Waals surface area contributed by atoms with Gasteiger partial charge in [0.25, 0.3) is 0 Å². The summed E-state index contributed by atoms with van der Waals surface area (Å²) in [7, 11) is 1.52. The van der Waals surface area contributed by atoms with Gasteiger partial charge in [0.15, 0.2) is 5.58 Å². The third kappa shape index (κ3) is 1.35. The van der Waals surface area contributed by atoms with Gasteiger partial charge in [-0.3, -0.25) is 0 Å². The molecular formula is C9H8ClNO2. The first-order chi connectivity index (χ1) is 6.35. The van der Waals surface area contributed by atoms with E-state index in [0.717, 1.165) is 11.1 Å². The maximum Gasteiger partial charge on any atom is 0.394 e. The molecule has 0 N–H and O–H groups in total. The van der Waals surface area contributed by atoms with Crippen LogP contribution < -0.4 is 4.74 Å². The molecule has 0 aliphatic carbocycles. The van der Waals surface area contributed by atoms with Gasteiger partial charge in [-0.05, 0) is 6.07 Å². The van der Waals surface area contributed by atoms with Crippen molar-refractivity contribution < 1.29 is 9.15 Å². The maximum atomic E-state index is 5.73. The first-order valence-electron chi connectivity index (χ1n) is 3.83. The minimum absolute atomic E-state index is 0.271. The monoisotopic (exact) mass is 197 g/mol. The van der Waals surface area contributed by atoms with Crippen molar-refractivity contribution in [2.75, 3.05) is 7.11 Å². The Hall–Kier alpha value is -1.22. The summed E-state index contributed by atoms with van der Waals surface area (Å²) >= 11 is 5.73. The fourth-order valence-corrected chi connectivity index (χ4v) is 1.39. The van der Waals surface area contributed by atoms with E-state index >= 15 is 0 Å². The first-order valence-corrected chi connectivity index (χ1v) is 4.37. The van der Waals surface area contributed by atoms with Crippen LogP contribution in [0.15, 0.2) is 22.6 Å². The molecule has 4 heteroatoms. The Morgan fingerprint density at radius 2 is 2.38 bits per heavy atom. The van der Waals surface area contributed by atoms with Crippen molar-refractivity contribution >= 4 is 22.7 Å². The molecule has 1 heterocycles. The second-order valence-corrected chi connectivity index (χ2v) is 2.85. The molecule has 0 atom stereocenters. The topological polar surface area (TPSA) is 35.3 Å². The lowest BCUT2D eigenvalue weighted by Gasteiger charge is -1.93. The highest BCUT2D eigenvalue weighted by Crippen LogP contribution is 2.24. The Morgan fingerprint density at radius 1 is 1.54 bits per heavy atom. The molecule has 0 aliphatic heterocycles. The summed E-state index contributed by atoms with van der Waals surface area (Å²) in [6, 6.07) is 5.65. The minimum Gasteiger partial charge on any atom is -0.453 e. The molecule has 2 rings (SSSR count). The maximum absolute atomic E-state index is 5.73. The van der Waals surface area contributed by atoms with Gasteiger partial charge in [0.05, 0.1) is 13.0 Å². The normalized spacial score (nSPS) is 10.6. The summed E-state index contributed by atoms with van der Waals surface area (Å²) in [5.41, 5.74) is 2.40. The van der Waals surface area contributed by atoms with E-state index in [2.05, 4.69) is 4.98 Å². The zero-order valence-electron chi connectivity index (χ0n) is 7.08. The van der Waals surface area contributed by atoms with Crippen LogP contribution in [-0.4, -0.2) is 12.1 Å². The number of hydrogen-bond donors (Lipinski definition) is 0. The molecule has 0 fully saturated rings. The molecule has 0 spiro atoms. The highest BCUT2D eigenvalue weighted by atomic mass is 35.5. The van der Waals surface area contributed by atoms with E-state index in [1.54, 1.807) is 0 Å². The fourth-order valence-electron chi connectivity index (χ4n) is 1.18. The van der Waals surface area contributed by atoms with Gasteiger partial charge >= 0.3 is 6.08 Å². The van der Waals surface area contributed by atoms with E-state index < -0.39 is 0 Å². The first kappa shape index (κ1) is 8.38. The number of methoxy groups -OCH3 is 1. The van der Waals surface area contributed by atoms with E-state index in [1.807, 2.05) is 18.2 Å². The van der Waals surface area contributed by atoms with Crippen molar-refractivity contribution in [3.63, 3.8) is 0 Å². The number of ether oxygens (including phenoxy) is 1. The number of fused-ring (bicyclic) bond motifs is 1. The summed E-state index contributed by atoms with van der Waals surface area (Å²) < 4.78 is 10.2. The average molecular weight is 198 g/mol. The van der Waals surface area contributed by atoms with Crippen molar-refractivity contribution in [2.24, 2.45) is 0 Å². The second kappa shape index (κ2) is 3.26. The number of aromatic nitrogens is 1. The molecule has 1 aromatic carbocycles. The zero-order chi connectivity index (χ0) is 9.26. The summed E-state index contributed by atoms with van der Waals surface area (Å²) in [6.45, 7) is 0. The van der Waals surface area contributed by atoms with Crippen molar-refractivity contribution in [3.05, 3.63) is 23.8 Å². The molecule has 68 valence electrons. The summed E-state index contributed by atoms with van der Waals surface area (Å²) in [6.07, 6.45) is 0.271. The van der Waals surface area contributed by atoms with Gasteiger partial charge in [-0.15, -0.1) is 11.6 Å². The fraction of sp³-hybridized carbons (Fsp3) is 0.222. The van der Waals surface area contributed by atoms with Crippen LogP contribution in [0.1, 0.15) is 5.56 Å². The van der Waals surface area contributed by atoms with Gasteiger partial charge < -0.3 is 9.15 Å². The average Bonchev–Trinajstić information content (AvgIpc) is 2.59. The number of benzene rings is 1. The van der Waals surface area contributed by atoms with Gasteiger partial charge in [0.1, 0.15) is 5.52 Å². The molecule has 0 saturated heterocycles. The van der Waals surface area contributed by atoms with Crippen LogP contribution in [0.5, 0.6) is 6.08 Å². The lowest BCUT2D eigenvalue weighted by Crippen LogP contribution is -1.79. The van der Waals surface area contributed by atoms with Gasteiger partial charge in [0.2, 0.25) is 0 Å². The molecule has 0 radical (unpaired) electrons. The quantitative estimate of drug-likeness (QED) is 0.695. The summed E-state index contributed by atoms with van der Waals surface area (Å²) in [5.74, 6) is 0.412. The standard InChI is InChI=1S/C9H8ClNO2/c1-12-9-11-7-4-2-3-6(5-10)8(7)13-9/h2-4H,5H2,1H3. The molecule has 0 amide bonds. The zero-order valence-corrected chi connectivity index (χ0v) is 7.84. The SMILES string of the molecule is COc1nc2cccc(CCl)c2o1. The highest BCUT2D eigenvalue weighted by molar-refractivity contribution is 6.17. The third-order valence-corrected chi connectivity index (χ3v) is 2.08. The highest BCUT2D eigenvalue weighted by Gasteiger charge is 2.08. The Bertz CT molecular complexity index is 424. The summed E-state index contributed by atoms with van der Waals surface area (Å²) in [5, 5.41) is 0. The van der Waals surface area contributed by atoms with Crippen LogP contribution in [-0.2, 0) is 5.88 Å². The third-order valence-electron chi connectivity index (χ3n) is 1.80. The van der Waals surface area contributed by atoms with Crippen LogP contribution in [0, 0.1) is 0 Å². The van der Waals surface area contributed by atoms with Crippen molar-refractivity contribution in [1.82, 2.24) is 4.98 Å². The van der Waals surface area contributed by atoms with Crippen LogP contribution in [0.3, 0.4) is 0 Å². The lowest BCUT2D eigenvalue weighted by atomic mass is 10.2. The van der Waals surface area contributed by atoms with E-state index in [9.17, 15) is 0 Å². The molecule has 0 unspecified atom stereocenters.